The molecule has 3 rings (SSSR count). The summed E-state index contributed by atoms with van der Waals surface area (Å²) in [6.07, 6.45) is 4.62. The molecule has 2 aliphatic heterocycles. The van der Waals surface area contributed by atoms with Crippen LogP contribution in [-0.4, -0.2) is 43.5 Å². The third-order valence-corrected chi connectivity index (χ3v) is 5.58. The van der Waals surface area contributed by atoms with Crippen LogP contribution in [0.1, 0.15) is 44.2 Å². The first-order chi connectivity index (χ1) is 11.7. The van der Waals surface area contributed by atoms with Crippen LogP contribution >= 0.6 is 24.8 Å². The minimum absolute atomic E-state index is 0. The molecule has 4 nitrogen and oxygen atoms in total. The number of carbonyl (C=O) groups excluding carboxylic acids is 1. The van der Waals surface area contributed by atoms with E-state index in [1.807, 2.05) is 0 Å². The Morgan fingerprint density at radius 1 is 1.19 bits per heavy atom. The van der Waals surface area contributed by atoms with Crippen molar-refractivity contribution in [1.82, 2.24) is 15.5 Å². The molecule has 1 amide bonds. The van der Waals surface area contributed by atoms with E-state index in [4.69, 9.17) is 0 Å². The van der Waals surface area contributed by atoms with Crippen molar-refractivity contribution < 1.29 is 4.79 Å². The molecule has 2 unspecified atom stereocenters. The fourth-order valence-electron chi connectivity index (χ4n) is 3.89. The molecule has 0 spiro atoms. The van der Waals surface area contributed by atoms with Crippen LogP contribution in [0.15, 0.2) is 30.3 Å². The zero-order valence-electron chi connectivity index (χ0n) is 15.7. The number of likely N-dealkylation sites (tertiary alicyclic amines) is 1. The van der Waals surface area contributed by atoms with Crippen molar-refractivity contribution in [1.29, 1.82) is 0 Å². The molecule has 0 saturated carbocycles. The van der Waals surface area contributed by atoms with Gasteiger partial charge in [0.25, 0.3) is 0 Å². The van der Waals surface area contributed by atoms with E-state index in [-0.39, 0.29) is 36.6 Å². The zero-order chi connectivity index (χ0) is 16.8. The van der Waals surface area contributed by atoms with Crippen molar-refractivity contribution in [2.75, 3.05) is 32.7 Å². The molecule has 2 N–H and O–H groups in total. The number of rotatable bonds is 5. The van der Waals surface area contributed by atoms with Crippen LogP contribution < -0.4 is 10.6 Å². The number of hydrogen-bond donors (Lipinski definition) is 2. The van der Waals surface area contributed by atoms with E-state index in [0.717, 1.165) is 44.9 Å². The first kappa shape index (κ1) is 23.2. The van der Waals surface area contributed by atoms with Gasteiger partial charge in [-0.05, 0) is 56.8 Å². The van der Waals surface area contributed by atoms with Crippen LogP contribution in [-0.2, 0) is 4.79 Å². The van der Waals surface area contributed by atoms with Gasteiger partial charge >= 0.3 is 0 Å². The topological polar surface area (TPSA) is 44.4 Å². The van der Waals surface area contributed by atoms with E-state index >= 15 is 0 Å². The second kappa shape index (κ2) is 11.8. The van der Waals surface area contributed by atoms with Gasteiger partial charge in [-0.1, -0.05) is 37.3 Å². The molecular weight excluding hydrogens is 369 g/mol. The molecule has 0 radical (unpaired) electrons. The Morgan fingerprint density at radius 2 is 1.88 bits per heavy atom. The SMILES string of the molecule is CC1CCN(C(CNC(=O)C2CCCNC2)c2ccccc2)CC1.Cl.Cl. The molecule has 2 saturated heterocycles. The second-order valence-electron chi connectivity index (χ2n) is 7.43. The molecule has 6 heteroatoms. The van der Waals surface area contributed by atoms with E-state index < -0.39 is 0 Å². The summed E-state index contributed by atoms with van der Waals surface area (Å²) < 4.78 is 0. The summed E-state index contributed by atoms with van der Waals surface area (Å²) in [4.78, 5) is 15.0. The number of nitrogens with zero attached hydrogens (tertiary/aromatic N) is 1. The Kier molecular flexibility index (Phi) is 10.6. The van der Waals surface area contributed by atoms with E-state index in [9.17, 15) is 4.79 Å². The molecule has 2 aliphatic rings. The van der Waals surface area contributed by atoms with Crippen molar-refractivity contribution in [2.24, 2.45) is 11.8 Å². The Hall–Kier alpha value is -0.810. The van der Waals surface area contributed by atoms with Crippen LogP contribution in [0.25, 0.3) is 0 Å². The van der Waals surface area contributed by atoms with E-state index in [1.54, 1.807) is 0 Å². The predicted octanol–water partition coefficient (Wildman–Crippen LogP) is 3.42. The Bertz CT molecular complexity index is 515. The molecule has 2 atom stereocenters. The van der Waals surface area contributed by atoms with Gasteiger partial charge < -0.3 is 10.6 Å². The fraction of sp³-hybridized carbons (Fsp3) is 0.650. The van der Waals surface area contributed by atoms with Gasteiger partial charge in [0.1, 0.15) is 0 Å². The number of piperidine rings is 2. The highest BCUT2D eigenvalue weighted by Crippen LogP contribution is 2.26. The van der Waals surface area contributed by atoms with Crippen LogP contribution in [0.3, 0.4) is 0 Å². The third kappa shape index (κ3) is 6.41. The molecule has 26 heavy (non-hydrogen) atoms. The third-order valence-electron chi connectivity index (χ3n) is 5.58. The maximum absolute atomic E-state index is 12.5. The lowest BCUT2D eigenvalue weighted by molar-refractivity contribution is -0.125. The van der Waals surface area contributed by atoms with Gasteiger partial charge in [-0.15, -0.1) is 24.8 Å². The summed E-state index contributed by atoms with van der Waals surface area (Å²) >= 11 is 0. The zero-order valence-corrected chi connectivity index (χ0v) is 17.3. The van der Waals surface area contributed by atoms with Gasteiger partial charge in [-0.3, -0.25) is 9.69 Å². The van der Waals surface area contributed by atoms with E-state index in [1.165, 1.54) is 18.4 Å². The van der Waals surface area contributed by atoms with Gasteiger partial charge in [0, 0.05) is 13.1 Å². The molecule has 1 aromatic rings. The monoisotopic (exact) mass is 401 g/mol. The highest BCUT2D eigenvalue weighted by atomic mass is 35.5. The molecule has 0 aromatic heterocycles. The smallest absolute Gasteiger partial charge is 0.224 e. The van der Waals surface area contributed by atoms with Gasteiger partial charge in [-0.2, -0.15) is 0 Å². The first-order valence-corrected chi connectivity index (χ1v) is 9.51. The van der Waals surface area contributed by atoms with Gasteiger partial charge in [0.2, 0.25) is 5.91 Å². The molecule has 0 aliphatic carbocycles. The quantitative estimate of drug-likeness (QED) is 0.793. The highest BCUT2D eigenvalue weighted by molar-refractivity contribution is 5.85. The molecule has 1 aromatic carbocycles. The fourth-order valence-corrected chi connectivity index (χ4v) is 3.89. The van der Waals surface area contributed by atoms with Crippen LogP contribution in [0, 0.1) is 11.8 Å². The van der Waals surface area contributed by atoms with Crippen LogP contribution in [0.2, 0.25) is 0 Å². The predicted molar refractivity (Wildman–Crippen MR) is 112 cm³/mol. The van der Waals surface area contributed by atoms with Crippen molar-refractivity contribution in [3.8, 4) is 0 Å². The number of carbonyl (C=O) groups is 1. The van der Waals surface area contributed by atoms with Crippen molar-refractivity contribution in [3.63, 3.8) is 0 Å². The summed E-state index contributed by atoms with van der Waals surface area (Å²) in [6, 6.07) is 10.9. The molecule has 0 bridgehead atoms. The van der Waals surface area contributed by atoms with Crippen LogP contribution in [0.5, 0.6) is 0 Å². The van der Waals surface area contributed by atoms with E-state index in [2.05, 4.69) is 52.8 Å². The molecule has 2 fully saturated rings. The molecule has 148 valence electrons. The average Bonchev–Trinajstić information content (AvgIpc) is 2.65. The highest BCUT2D eigenvalue weighted by Gasteiger charge is 2.26. The van der Waals surface area contributed by atoms with Crippen molar-refractivity contribution in [3.05, 3.63) is 35.9 Å². The summed E-state index contributed by atoms with van der Waals surface area (Å²) in [7, 11) is 0. The Morgan fingerprint density at radius 3 is 2.50 bits per heavy atom. The number of amides is 1. The number of nitrogens with one attached hydrogen (secondary N) is 2. The maximum atomic E-state index is 12.5. The maximum Gasteiger partial charge on any atom is 0.224 e. The standard InChI is InChI=1S/C20H31N3O.2ClH/c1-16-9-12-23(13-10-16)19(17-6-3-2-4-7-17)15-22-20(24)18-8-5-11-21-14-18;;/h2-4,6-7,16,18-19,21H,5,8-15H2,1H3,(H,22,24);2*1H. The van der Waals surface area contributed by atoms with Crippen LogP contribution in [0.4, 0.5) is 0 Å². The molecular formula is C20H33Cl2N3O. The number of hydrogen-bond acceptors (Lipinski definition) is 3. The lowest BCUT2D eigenvalue weighted by Crippen LogP contribution is -2.45. The average molecular weight is 402 g/mol. The summed E-state index contributed by atoms with van der Waals surface area (Å²) in [5, 5.41) is 6.57. The Balaban J connectivity index is 0.00000169. The second-order valence-corrected chi connectivity index (χ2v) is 7.43. The van der Waals surface area contributed by atoms with Gasteiger partial charge in [-0.25, -0.2) is 0 Å². The van der Waals surface area contributed by atoms with Gasteiger partial charge in [0.05, 0.1) is 12.0 Å². The normalized spacial score (nSPS) is 22.6. The summed E-state index contributed by atoms with van der Waals surface area (Å²) in [5.74, 6) is 1.17. The summed E-state index contributed by atoms with van der Waals surface area (Å²) in [5.41, 5.74) is 1.31. The van der Waals surface area contributed by atoms with E-state index in [0.29, 0.717) is 12.6 Å². The Labute approximate surface area is 170 Å². The lowest BCUT2D eigenvalue weighted by atomic mass is 9.95. The van der Waals surface area contributed by atoms with Crippen molar-refractivity contribution in [2.45, 2.75) is 38.6 Å². The number of benzene rings is 1. The summed E-state index contributed by atoms with van der Waals surface area (Å²) in [6.45, 7) is 7.18. The largest absolute Gasteiger partial charge is 0.354 e. The number of halogens is 2. The first-order valence-electron chi connectivity index (χ1n) is 9.51. The van der Waals surface area contributed by atoms with Gasteiger partial charge in [0.15, 0.2) is 0 Å². The minimum atomic E-state index is 0. The molecule has 2 heterocycles. The van der Waals surface area contributed by atoms with Crippen molar-refractivity contribution >= 4 is 30.7 Å². The minimum Gasteiger partial charge on any atom is -0.354 e. The lowest BCUT2D eigenvalue weighted by Gasteiger charge is -2.37.